The summed E-state index contributed by atoms with van der Waals surface area (Å²) >= 11 is 0. The summed E-state index contributed by atoms with van der Waals surface area (Å²) in [6.45, 7) is 0.569. The number of hydrogen-bond donors (Lipinski definition) is 4. The van der Waals surface area contributed by atoms with Gasteiger partial charge in [-0.1, -0.05) is 0 Å². The molecule has 3 rings (SSSR count). The van der Waals surface area contributed by atoms with E-state index < -0.39 is 12.2 Å². The molecule has 3 aliphatic rings. The van der Waals surface area contributed by atoms with Crippen LogP contribution in [0.3, 0.4) is 0 Å². The van der Waals surface area contributed by atoms with Crippen molar-refractivity contribution in [2.24, 2.45) is 20.7 Å². The minimum atomic E-state index is -0.618. The van der Waals surface area contributed by atoms with Crippen molar-refractivity contribution in [3.63, 3.8) is 0 Å². The minimum absolute atomic E-state index is 0.0935. The van der Waals surface area contributed by atoms with Crippen molar-refractivity contribution in [1.29, 1.82) is 0 Å². The molecule has 0 spiro atoms. The minimum Gasteiger partial charge on any atom is -0.393 e. The normalized spacial score (nSPS) is 35.6. The Bertz CT molecular complexity index is 507. The van der Waals surface area contributed by atoms with Crippen molar-refractivity contribution in [2.75, 3.05) is 6.54 Å². The van der Waals surface area contributed by atoms with Gasteiger partial charge in [0.2, 0.25) is 0 Å². The lowest BCUT2D eigenvalue weighted by Crippen LogP contribution is -2.53. The number of nitrogens with two attached hydrogens (primary N) is 1. The molecule has 0 radical (unpaired) electrons. The third kappa shape index (κ3) is 3.27. The zero-order valence-corrected chi connectivity index (χ0v) is 11.7. The first kappa shape index (κ1) is 14.2. The molecule has 21 heavy (non-hydrogen) atoms. The van der Waals surface area contributed by atoms with Crippen molar-refractivity contribution < 1.29 is 9.90 Å². The summed E-state index contributed by atoms with van der Waals surface area (Å²) in [5.41, 5.74) is 6.24. The van der Waals surface area contributed by atoms with Crippen LogP contribution in [0.25, 0.3) is 0 Å². The van der Waals surface area contributed by atoms with Crippen LogP contribution in [0.4, 0.5) is 0 Å². The van der Waals surface area contributed by atoms with Crippen LogP contribution in [0, 0.1) is 0 Å². The first-order chi connectivity index (χ1) is 10.1. The van der Waals surface area contributed by atoms with Gasteiger partial charge < -0.3 is 16.2 Å². The van der Waals surface area contributed by atoms with Crippen LogP contribution in [0.15, 0.2) is 15.0 Å². The number of hydrogen-bond acceptors (Lipinski definition) is 7. The lowest BCUT2D eigenvalue weighted by atomic mass is 9.93. The number of carbonyl (C=O) groups is 1. The fourth-order valence-electron chi connectivity index (χ4n) is 2.82. The van der Waals surface area contributed by atoms with Gasteiger partial charge in [0, 0.05) is 18.8 Å². The first-order valence-electron chi connectivity index (χ1n) is 7.27. The molecule has 1 aliphatic carbocycles. The summed E-state index contributed by atoms with van der Waals surface area (Å²) in [5, 5.41) is 15.4. The third-order valence-electron chi connectivity index (χ3n) is 4.02. The van der Waals surface area contributed by atoms with Gasteiger partial charge >= 0.3 is 0 Å². The predicted octanol–water partition coefficient (Wildman–Crippen LogP) is -1.46. The van der Waals surface area contributed by atoms with Crippen LogP contribution in [0.1, 0.15) is 25.7 Å². The molecule has 0 aromatic rings. The van der Waals surface area contributed by atoms with E-state index in [0.29, 0.717) is 12.6 Å². The Hall–Kier alpha value is -1.80. The van der Waals surface area contributed by atoms with E-state index >= 15 is 0 Å². The molecule has 0 saturated heterocycles. The van der Waals surface area contributed by atoms with Gasteiger partial charge in [0.05, 0.1) is 11.8 Å². The molecule has 1 fully saturated rings. The molecule has 1 amide bonds. The maximum atomic E-state index is 11.8. The van der Waals surface area contributed by atoms with E-state index in [1.54, 1.807) is 6.21 Å². The SMILES string of the molecule is NC1=NC2N=CC(CNC3CCC(O)CC3)=NC2C(=O)N1. The van der Waals surface area contributed by atoms with E-state index in [9.17, 15) is 9.90 Å². The summed E-state index contributed by atoms with van der Waals surface area (Å²) in [7, 11) is 0. The van der Waals surface area contributed by atoms with Crippen molar-refractivity contribution in [3.8, 4) is 0 Å². The van der Waals surface area contributed by atoms with Gasteiger partial charge in [0.1, 0.15) is 0 Å². The van der Waals surface area contributed by atoms with E-state index in [0.717, 1.165) is 31.4 Å². The summed E-state index contributed by atoms with van der Waals surface area (Å²) in [5.74, 6) is -0.168. The Kier molecular flexibility index (Phi) is 3.98. The highest BCUT2D eigenvalue weighted by Gasteiger charge is 2.34. The largest absolute Gasteiger partial charge is 0.393 e. The van der Waals surface area contributed by atoms with Crippen molar-refractivity contribution in [1.82, 2.24) is 10.6 Å². The number of aliphatic hydroxyl groups is 1. The van der Waals surface area contributed by atoms with Gasteiger partial charge in [-0.2, -0.15) is 0 Å². The highest BCUT2D eigenvalue weighted by Crippen LogP contribution is 2.18. The molecule has 2 heterocycles. The van der Waals surface area contributed by atoms with Crippen LogP contribution >= 0.6 is 0 Å². The van der Waals surface area contributed by atoms with Crippen LogP contribution in [-0.4, -0.2) is 59.8 Å². The monoisotopic (exact) mass is 292 g/mol. The van der Waals surface area contributed by atoms with Crippen molar-refractivity contribution in [2.45, 2.75) is 50.0 Å². The summed E-state index contributed by atoms with van der Waals surface area (Å²) in [6.07, 6.45) is 4.54. The Morgan fingerprint density at radius 2 is 2.10 bits per heavy atom. The molecular formula is C13H20N6O2. The first-order valence-corrected chi connectivity index (χ1v) is 7.27. The molecular weight excluding hydrogens is 272 g/mol. The molecule has 0 aromatic heterocycles. The lowest BCUT2D eigenvalue weighted by Gasteiger charge is -2.28. The average Bonchev–Trinajstić information content (AvgIpc) is 2.47. The number of aliphatic hydroxyl groups excluding tert-OH is 1. The number of guanidine groups is 1. The maximum Gasteiger partial charge on any atom is 0.255 e. The molecule has 0 bridgehead atoms. The Balaban J connectivity index is 1.57. The maximum absolute atomic E-state index is 11.8. The van der Waals surface area contributed by atoms with E-state index in [1.807, 2.05) is 0 Å². The Labute approximate surface area is 122 Å². The smallest absolute Gasteiger partial charge is 0.255 e. The Morgan fingerprint density at radius 3 is 2.86 bits per heavy atom. The molecule has 2 atom stereocenters. The van der Waals surface area contributed by atoms with E-state index in [2.05, 4.69) is 25.6 Å². The molecule has 1 saturated carbocycles. The standard InChI is InChI=1S/C13H20N6O2/c14-13-18-11-10(12(21)19-13)17-8(6-16-11)5-15-7-1-3-9(20)4-2-7/h6-7,9-11,15,20H,1-5H2,(H3,14,18,19,21). The summed E-state index contributed by atoms with van der Waals surface area (Å²) in [6, 6.07) is -0.233. The van der Waals surface area contributed by atoms with Gasteiger partial charge in [-0.15, -0.1) is 0 Å². The van der Waals surface area contributed by atoms with Gasteiger partial charge in [0.25, 0.3) is 5.91 Å². The zero-order chi connectivity index (χ0) is 14.8. The number of fused-ring (bicyclic) bond motifs is 1. The zero-order valence-electron chi connectivity index (χ0n) is 11.7. The van der Waals surface area contributed by atoms with E-state index in [-0.39, 0.29) is 18.0 Å². The third-order valence-corrected chi connectivity index (χ3v) is 4.02. The Morgan fingerprint density at radius 1 is 1.33 bits per heavy atom. The molecule has 114 valence electrons. The molecule has 2 unspecified atom stereocenters. The average molecular weight is 292 g/mol. The topological polar surface area (TPSA) is 124 Å². The number of rotatable bonds is 3. The number of carbonyl (C=O) groups excluding carboxylic acids is 1. The summed E-state index contributed by atoms with van der Waals surface area (Å²) < 4.78 is 0. The van der Waals surface area contributed by atoms with Gasteiger partial charge in [-0.05, 0) is 25.7 Å². The highest BCUT2D eigenvalue weighted by atomic mass is 16.3. The predicted molar refractivity (Wildman–Crippen MR) is 79.5 cm³/mol. The quantitative estimate of drug-likeness (QED) is 0.507. The highest BCUT2D eigenvalue weighted by molar-refractivity contribution is 6.32. The number of nitrogens with one attached hydrogen (secondary N) is 2. The molecule has 8 heteroatoms. The second-order valence-corrected chi connectivity index (χ2v) is 5.65. The molecule has 2 aliphatic heterocycles. The number of aliphatic imine (C=N–C) groups is 3. The van der Waals surface area contributed by atoms with Gasteiger partial charge in [-0.3, -0.25) is 20.1 Å². The fraction of sp³-hybridized carbons (Fsp3) is 0.692. The van der Waals surface area contributed by atoms with E-state index in [1.165, 1.54) is 0 Å². The number of amides is 1. The second-order valence-electron chi connectivity index (χ2n) is 5.65. The van der Waals surface area contributed by atoms with Gasteiger partial charge in [0.15, 0.2) is 18.2 Å². The molecule has 0 aromatic carbocycles. The summed E-state index contributed by atoms with van der Waals surface area (Å²) in [4.78, 5) is 24.5. The number of nitrogens with zero attached hydrogens (tertiary/aromatic N) is 3. The van der Waals surface area contributed by atoms with Crippen LogP contribution in [0.5, 0.6) is 0 Å². The van der Waals surface area contributed by atoms with Crippen LogP contribution < -0.4 is 16.4 Å². The van der Waals surface area contributed by atoms with Crippen LogP contribution in [0.2, 0.25) is 0 Å². The van der Waals surface area contributed by atoms with Crippen LogP contribution in [-0.2, 0) is 4.79 Å². The van der Waals surface area contributed by atoms with Crippen molar-refractivity contribution >= 4 is 23.8 Å². The second kappa shape index (κ2) is 5.90. The lowest BCUT2D eigenvalue weighted by molar-refractivity contribution is -0.121. The molecule has 5 N–H and O–H groups in total. The molecule has 8 nitrogen and oxygen atoms in total. The van der Waals surface area contributed by atoms with E-state index in [4.69, 9.17) is 5.73 Å². The van der Waals surface area contributed by atoms with Crippen molar-refractivity contribution in [3.05, 3.63) is 0 Å². The van der Waals surface area contributed by atoms with Gasteiger partial charge in [-0.25, -0.2) is 4.99 Å². The fourth-order valence-corrected chi connectivity index (χ4v) is 2.82.